The first-order valence-electron chi connectivity index (χ1n) is 8.37. The first-order chi connectivity index (χ1) is 10.1. The third-order valence-electron chi connectivity index (χ3n) is 5.16. The van der Waals surface area contributed by atoms with Gasteiger partial charge in [-0.15, -0.1) is 12.4 Å². The molecule has 0 radical (unpaired) electrons. The summed E-state index contributed by atoms with van der Waals surface area (Å²) < 4.78 is 0. The van der Waals surface area contributed by atoms with E-state index in [1.807, 2.05) is 13.8 Å². The first-order valence-corrected chi connectivity index (χ1v) is 8.37. The van der Waals surface area contributed by atoms with Crippen LogP contribution in [0.5, 0.6) is 0 Å². The van der Waals surface area contributed by atoms with E-state index in [4.69, 9.17) is 5.73 Å². The maximum Gasteiger partial charge on any atom is 0.239 e. The highest BCUT2D eigenvalue weighted by atomic mass is 35.5. The first kappa shape index (κ1) is 19.2. The maximum atomic E-state index is 12.7. The lowest BCUT2D eigenvalue weighted by atomic mass is 9.65. The highest BCUT2D eigenvalue weighted by molar-refractivity contribution is 5.86. The molecule has 6 heteroatoms. The summed E-state index contributed by atoms with van der Waals surface area (Å²) in [5.41, 5.74) is 6.29. The van der Waals surface area contributed by atoms with Gasteiger partial charge in [-0.25, -0.2) is 0 Å². The van der Waals surface area contributed by atoms with Crippen LogP contribution in [0.15, 0.2) is 0 Å². The van der Waals surface area contributed by atoms with E-state index in [9.17, 15) is 9.59 Å². The number of nitrogens with zero attached hydrogens (tertiary/aromatic N) is 1. The molecule has 5 nitrogen and oxygen atoms in total. The molecule has 2 aliphatic carbocycles. The Kier molecular flexibility index (Phi) is 7.63. The highest BCUT2D eigenvalue weighted by Crippen LogP contribution is 2.42. The third kappa shape index (κ3) is 4.35. The molecule has 0 aromatic heterocycles. The fourth-order valence-electron chi connectivity index (χ4n) is 4.02. The summed E-state index contributed by atoms with van der Waals surface area (Å²) in [6.45, 7) is 5.20. The SMILES string of the molecule is CCNC(=O)CN(CC)C(=O)C1CC2CCCC(C1)C2N.Cl. The summed E-state index contributed by atoms with van der Waals surface area (Å²) in [7, 11) is 0. The predicted molar refractivity (Wildman–Crippen MR) is 89.7 cm³/mol. The van der Waals surface area contributed by atoms with E-state index >= 15 is 0 Å². The second-order valence-electron chi connectivity index (χ2n) is 6.50. The van der Waals surface area contributed by atoms with Gasteiger partial charge >= 0.3 is 0 Å². The van der Waals surface area contributed by atoms with E-state index in [0.29, 0.717) is 24.9 Å². The quantitative estimate of drug-likeness (QED) is 0.802. The van der Waals surface area contributed by atoms with Crippen LogP contribution >= 0.6 is 12.4 Å². The normalized spacial score (nSPS) is 30.1. The summed E-state index contributed by atoms with van der Waals surface area (Å²) in [6, 6.07) is 0.279. The van der Waals surface area contributed by atoms with Crippen molar-refractivity contribution in [1.82, 2.24) is 10.2 Å². The molecular weight excluding hydrogens is 302 g/mol. The van der Waals surface area contributed by atoms with Crippen LogP contribution in [0.25, 0.3) is 0 Å². The van der Waals surface area contributed by atoms with Gasteiger partial charge in [-0.1, -0.05) is 6.42 Å². The molecule has 2 unspecified atom stereocenters. The van der Waals surface area contributed by atoms with Gasteiger partial charge in [-0.3, -0.25) is 9.59 Å². The standard InChI is InChI=1S/C16H29N3O2.ClH/c1-3-18-14(20)10-19(4-2)16(21)13-8-11-6-5-7-12(9-13)15(11)17;/h11-13,15H,3-10,17H2,1-2H3,(H,18,20);1H. The van der Waals surface area contributed by atoms with Gasteiger partial charge in [0.1, 0.15) is 0 Å². The van der Waals surface area contributed by atoms with Crippen molar-refractivity contribution in [3.8, 4) is 0 Å². The summed E-state index contributed by atoms with van der Waals surface area (Å²) in [6.07, 6.45) is 5.37. The lowest BCUT2D eigenvalue weighted by Gasteiger charge is -2.44. The summed E-state index contributed by atoms with van der Waals surface area (Å²) in [4.78, 5) is 26.1. The van der Waals surface area contributed by atoms with E-state index in [2.05, 4.69) is 5.32 Å². The molecule has 22 heavy (non-hydrogen) atoms. The molecule has 2 saturated carbocycles. The molecule has 0 saturated heterocycles. The third-order valence-corrected chi connectivity index (χ3v) is 5.16. The lowest BCUT2D eigenvalue weighted by Crippen LogP contribution is -2.50. The molecule has 128 valence electrons. The van der Waals surface area contributed by atoms with Crippen molar-refractivity contribution in [2.24, 2.45) is 23.5 Å². The zero-order valence-corrected chi connectivity index (χ0v) is 14.5. The highest BCUT2D eigenvalue weighted by Gasteiger charge is 2.41. The Hall–Kier alpha value is -0.810. The minimum Gasteiger partial charge on any atom is -0.355 e. The van der Waals surface area contributed by atoms with Crippen LogP contribution in [-0.2, 0) is 9.59 Å². The Balaban J connectivity index is 0.00000242. The van der Waals surface area contributed by atoms with E-state index in [1.54, 1.807) is 4.90 Å². The van der Waals surface area contributed by atoms with Crippen molar-refractivity contribution >= 4 is 24.2 Å². The molecule has 2 fully saturated rings. The topological polar surface area (TPSA) is 75.4 Å². The zero-order chi connectivity index (χ0) is 15.4. The second-order valence-corrected chi connectivity index (χ2v) is 6.50. The Morgan fingerprint density at radius 3 is 2.27 bits per heavy atom. The number of likely N-dealkylation sites (N-methyl/N-ethyl adjacent to an activating group) is 2. The molecule has 0 heterocycles. The van der Waals surface area contributed by atoms with Crippen molar-refractivity contribution in [1.29, 1.82) is 0 Å². The summed E-state index contributed by atoms with van der Waals surface area (Å²) in [5.74, 6) is 1.13. The van der Waals surface area contributed by atoms with Crippen molar-refractivity contribution in [2.45, 2.75) is 52.0 Å². The molecule has 0 aliphatic heterocycles. The molecular formula is C16H30ClN3O2. The van der Waals surface area contributed by atoms with E-state index in [1.165, 1.54) is 6.42 Å². The number of halogens is 1. The smallest absolute Gasteiger partial charge is 0.239 e. The average Bonchev–Trinajstić information content (AvgIpc) is 2.44. The Morgan fingerprint density at radius 1 is 1.18 bits per heavy atom. The number of carbonyl (C=O) groups is 2. The molecule has 2 atom stereocenters. The van der Waals surface area contributed by atoms with Crippen molar-refractivity contribution < 1.29 is 9.59 Å². The largest absolute Gasteiger partial charge is 0.355 e. The fourth-order valence-corrected chi connectivity index (χ4v) is 4.02. The van der Waals surface area contributed by atoms with Crippen LogP contribution in [0, 0.1) is 17.8 Å². The molecule has 2 bridgehead atoms. The number of rotatable bonds is 5. The van der Waals surface area contributed by atoms with Gasteiger partial charge in [0.05, 0.1) is 6.54 Å². The monoisotopic (exact) mass is 331 g/mol. The number of nitrogens with one attached hydrogen (secondary N) is 1. The number of hydrogen-bond acceptors (Lipinski definition) is 3. The second kappa shape index (κ2) is 8.73. The maximum absolute atomic E-state index is 12.7. The number of nitrogens with two attached hydrogens (primary N) is 1. The minimum absolute atomic E-state index is 0. The lowest BCUT2D eigenvalue weighted by molar-refractivity contribution is -0.141. The summed E-state index contributed by atoms with van der Waals surface area (Å²) in [5, 5.41) is 2.76. The Morgan fingerprint density at radius 2 is 1.77 bits per heavy atom. The molecule has 0 aromatic carbocycles. The van der Waals surface area contributed by atoms with Gasteiger partial charge in [0.25, 0.3) is 0 Å². The molecule has 0 spiro atoms. The molecule has 2 aliphatic rings. The van der Waals surface area contributed by atoms with Crippen molar-refractivity contribution in [2.75, 3.05) is 19.6 Å². The number of fused-ring (bicyclic) bond motifs is 2. The van der Waals surface area contributed by atoms with E-state index < -0.39 is 0 Å². The average molecular weight is 332 g/mol. The van der Waals surface area contributed by atoms with Crippen molar-refractivity contribution in [3.63, 3.8) is 0 Å². The fraction of sp³-hybridized carbons (Fsp3) is 0.875. The Bertz CT molecular complexity index is 378. The Labute approximate surface area is 139 Å². The predicted octanol–water partition coefficient (Wildman–Crippen LogP) is 1.55. The van der Waals surface area contributed by atoms with Crippen molar-refractivity contribution in [3.05, 3.63) is 0 Å². The molecule has 2 rings (SSSR count). The van der Waals surface area contributed by atoms with Crippen LogP contribution in [0.3, 0.4) is 0 Å². The van der Waals surface area contributed by atoms with Crippen LogP contribution in [0.4, 0.5) is 0 Å². The summed E-state index contributed by atoms with van der Waals surface area (Å²) >= 11 is 0. The van der Waals surface area contributed by atoms with Crippen LogP contribution in [0.2, 0.25) is 0 Å². The van der Waals surface area contributed by atoms with Gasteiger partial charge in [-0.05, 0) is 51.4 Å². The van der Waals surface area contributed by atoms with Gasteiger partial charge in [0.2, 0.25) is 11.8 Å². The molecule has 0 aromatic rings. The van der Waals surface area contributed by atoms with E-state index in [0.717, 1.165) is 25.7 Å². The molecule has 2 amide bonds. The van der Waals surface area contributed by atoms with Gasteiger partial charge in [0.15, 0.2) is 0 Å². The molecule has 3 N–H and O–H groups in total. The number of carbonyl (C=O) groups excluding carboxylic acids is 2. The van der Waals surface area contributed by atoms with Gasteiger partial charge < -0.3 is 16.0 Å². The van der Waals surface area contributed by atoms with E-state index in [-0.39, 0.29) is 42.7 Å². The van der Waals surface area contributed by atoms with Crippen LogP contribution in [-0.4, -0.2) is 42.4 Å². The van der Waals surface area contributed by atoms with Crippen LogP contribution < -0.4 is 11.1 Å². The number of hydrogen-bond donors (Lipinski definition) is 2. The number of amides is 2. The van der Waals surface area contributed by atoms with Gasteiger partial charge in [-0.2, -0.15) is 0 Å². The van der Waals surface area contributed by atoms with Gasteiger partial charge in [0, 0.05) is 25.0 Å². The van der Waals surface area contributed by atoms with Crippen LogP contribution in [0.1, 0.15) is 46.0 Å². The zero-order valence-electron chi connectivity index (χ0n) is 13.7. The minimum atomic E-state index is -0.0691.